The number of amides is 1. The number of carbonyl (C=O) groups is 1. The van der Waals surface area contributed by atoms with Crippen LogP contribution in [0.4, 0.5) is 0 Å². The van der Waals surface area contributed by atoms with E-state index in [4.69, 9.17) is 11.6 Å². The van der Waals surface area contributed by atoms with E-state index in [1.165, 1.54) is 4.88 Å². The fourth-order valence-corrected chi connectivity index (χ4v) is 2.81. The molecule has 1 N–H and O–H groups in total. The second-order valence-corrected chi connectivity index (χ2v) is 5.69. The van der Waals surface area contributed by atoms with Crippen molar-refractivity contribution >= 4 is 28.8 Å². The number of hydrogen-bond donors (Lipinski definition) is 1. The zero-order chi connectivity index (χ0) is 13.7. The largest absolute Gasteiger partial charge is 0.347 e. The van der Waals surface area contributed by atoms with Crippen molar-refractivity contribution in [2.75, 3.05) is 0 Å². The summed E-state index contributed by atoms with van der Waals surface area (Å²) in [5.74, 6) is 0.480. The van der Waals surface area contributed by atoms with Gasteiger partial charge in [-0.15, -0.1) is 22.9 Å². The van der Waals surface area contributed by atoms with Gasteiger partial charge < -0.3 is 5.32 Å². The number of benzene rings is 1. The summed E-state index contributed by atoms with van der Waals surface area (Å²) < 4.78 is 0. The maximum Gasteiger partial charge on any atom is 0.261 e. The smallest absolute Gasteiger partial charge is 0.261 e. The van der Waals surface area contributed by atoms with Crippen LogP contribution < -0.4 is 5.32 Å². The van der Waals surface area contributed by atoms with Crippen LogP contribution in [-0.4, -0.2) is 5.91 Å². The molecule has 1 aromatic carbocycles. The van der Waals surface area contributed by atoms with Crippen molar-refractivity contribution in [1.29, 1.82) is 0 Å². The summed E-state index contributed by atoms with van der Waals surface area (Å²) in [6.07, 6.45) is 0.968. The average Bonchev–Trinajstić information content (AvgIpc) is 2.94. The number of thiophene rings is 1. The number of aryl methyl sites for hydroxylation is 1. The van der Waals surface area contributed by atoms with Crippen molar-refractivity contribution in [2.24, 2.45) is 0 Å². The minimum atomic E-state index is -0.0130. The first-order valence-corrected chi connectivity index (χ1v) is 7.58. The molecule has 0 aliphatic heterocycles. The lowest BCUT2D eigenvalue weighted by atomic mass is 10.1. The molecule has 0 fully saturated rings. The molecular formula is C15H16ClNOS. The molecule has 0 saturated heterocycles. The molecule has 1 heterocycles. The molecule has 0 bridgehead atoms. The Labute approximate surface area is 122 Å². The molecule has 2 rings (SSSR count). The van der Waals surface area contributed by atoms with Crippen LogP contribution in [0, 0.1) is 0 Å². The van der Waals surface area contributed by atoms with E-state index in [2.05, 4.69) is 12.2 Å². The molecule has 0 spiro atoms. The number of nitrogens with one attached hydrogen (secondary N) is 1. The van der Waals surface area contributed by atoms with E-state index in [0.29, 0.717) is 12.4 Å². The van der Waals surface area contributed by atoms with Crippen LogP contribution in [-0.2, 0) is 18.8 Å². The number of carbonyl (C=O) groups excluding carboxylic acids is 1. The molecule has 1 aromatic heterocycles. The maximum atomic E-state index is 12.0. The molecule has 2 nitrogen and oxygen atoms in total. The van der Waals surface area contributed by atoms with Gasteiger partial charge in [0.05, 0.1) is 4.88 Å². The lowest BCUT2D eigenvalue weighted by Gasteiger charge is -2.05. The first-order valence-electron chi connectivity index (χ1n) is 6.23. The molecule has 0 aliphatic carbocycles. The molecule has 0 unspecified atom stereocenters. The second kappa shape index (κ2) is 6.73. The summed E-state index contributed by atoms with van der Waals surface area (Å²) in [7, 11) is 0. The predicted octanol–water partition coefficient (Wildman–Crippen LogP) is 3.98. The molecule has 0 saturated carbocycles. The van der Waals surface area contributed by atoms with Crippen molar-refractivity contribution in [3.8, 4) is 0 Å². The van der Waals surface area contributed by atoms with Crippen molar-refractivity contribution in [2.45, 2.75) is 25.8 Å². The van der Waals surface area contributed by atoms with Gasteiger partial charge in [-0.2, -0.15) is 0 Å². The molecular weight excluding hydrogens is 278 g/mol. The first kappa shape index (κ1) is 14.1. The Bertz CT molecular complexity index is 565. The van der Waals surface area contributed by atoms with Crippen LogP contribution >= 0.6 is 22.9 Å². The van der Waals surface area contributed by atoms with E-state index in [9.17, 15) is 4.79 Å². The third-order valence-corrected chi connectivity index (χ3v) is 4.37. The van der Waals surface area contributed by atoms with Gasteiger partial charge in [0.15, 0.2) is 0 Å². The maximum absolute atomic E-state index is 12.0. The SMILES string of the molecule is CCc1ccc(C(=O)NCc2cccc(CCl)c2)s1. The molecule has 2 aromatic rings. The Morgan fingerprint density at radius 1 is 1.26 bits per heavy atom. The number of alkyl halides is 1. The van der Waals surface area contributed by atoms with Gasteiger partial charge in [0, 0.05) is 17.3 Å². The third kappa shape index (κ3) is 3.82. The highest BCUT2D eigenvalue weighted by molar-refractivity contribution is 7.14. The standard InChI is InChI=1S/C15H16ClNOS/c1-2-13-6-7-14(19-13)15(18)17-10-12-5-3-4-11(8-12)9-16/h3-8H,2,9-10H2,1H3,(H,17,18). The summed E-state index contributed by atoms with van der Waals surface area (Å²) in [6, 6.07) is 11.8. The van der Waals surface area contributed by atoms with Gasteiger partial charge >= 0.3 is 0 Å². The fourth-order valence-electron chi connectivity index (χ4n) is 1.78. The van der Waals surface area contributed by atoms with Gasteiger partial charge in [0.1, 0.15) is 0 Å². The van der Waals surface area contributed by atoms with E-state index < -0.39 is 0 Å². The van der Waals surface area contributed by atoms with Gasteiger partial charge in [0.25, 0.3) is 5.91 Å². The average molecular weight is 294 g/mol. The van der Waals surface area contributed by atoms with Crippen LogP contribution in [0.5, 0.6) is 0 Å². The quantitative estimate of drug-likeness (QED) is 0.830. The number of halogens is 1. The van der Waals surface area contributed by atoms with Crippen molar-refractivity contribution < 1.29 is 4.79 Å². The molecule has 19 heavy (non-hydrogen) atoms. The lowest BCUT2D eigenvalue weighted by Crippen LogP contribution is -2.21. The summed E-state index contributed by atoms with van der Waals surface area (Å²) in [4.78, 5) is 14.0. The second-order valence-electron chi connectivity index (χ2n) is 4.26. The number of hydrogen-bond acceptors (Lipinski definition) is 2. The molecule has 0 atom stereocenters. The molecule has 100 valence electrons. The van der Waals surface area contributed by atoms with Gasteiger partial charge in [-0.1, -0.05) is 31.2 Å². The van der Waals surface area contributed by atoms with Crippen molar-refractivity contribution in [3.05, 3.63) is 57.3 Å². The molecule has 1 amide bonds. The molecule has 4 heteroatoms. The zero-order valence-corrected chi connectivity index (χ0v) is 12.4. The fraction of sp³-hybridized carbons (Fsp3) is 0.267. The van der Waals surface area contributed by atoms with E-state index >= 15 is 0 Å². The summed E-state index contributed by atoms with van der Waals surface area (Å²) in [5.41, 5.74) is 2.14. The Morgan fingerprint density at radius 2 is 2.05 bits per heavy atom. The topological polar surface area (TPSA) is 29.1 Å². The summed E-state index contributed by atoms with van der Waals surface area (Å²) >= 11 is 7.34. The normalized spacial score (nSPS) is 10.4. The van der Waals surface area contributed by atoms with Crippen molar-refractivity contribution in [1.82, 2.24) is 5.32 Å². The van der Waals surface area contributed by atoms with Crippen LogP contribution in [0.1, 0.15) is 32.6 Å². The van der Waals surface area contributed by atoms with E-state index in [1.54, 1.807) is 11.3 Å². The van der Waals surface area contributed by atoms with Crippen LogP contribution in [0.15, 0.2) is 36.4 Å². The monoisotopic (exact) mass is 293 g/mol. The summed E-state index contributed by atoms with van der Waals surface area (Å²) in [5, 5.41) is 2.93. The predicted molar refractivity (Wildman–Crippen MR) is 80.9 cm³/mol. The van der Waals surface area contributed by atoms with E-state index in [1.807, 2.05) is 36.4 Å². The van der Waals surface area contributed by atoms with Crippen LogP contribution in [0.3, 0.4) is 0 Å². The Kier molecular flexibility index (Phi) is 5.00. The van der Waals surface area contributed by atoms with Crippen molar-refractivity contribution in [3.63, 3.8) is 0 Å². The van der Waals surface area contributed by atoms with E-state index in [-0.39, 0.29) is 5.91 Å². The minimum absolute atomic E-state index is 0.0130. The third-order valence-electron chi connectivity index (χ3n) is 2.83. The highest BCUT2D eigenvalue weighted by atomic mass is 35.5. The van der Waals surface area contributed by atoms with Gasteiger partial charge in [-0.3, -0.25) is 4.79 Å². The summed E-state index contributed by atoms with van der Waals surface area (Å²) in [6.45, 7) is 2.62. The van der Waals surface area contributed by atoms with Crippen LogP contribution in [0.25, 0.3) is 0 Å². The highest BCUT2D eigenvalue weighted by Crippen LogP contribution is 2.17. The Hall–Kier alpha value is -1.32. The molecule has 0 radical (unpaired) electrons. The van der Waals surface area contributed by atoms with Gasteiger partial charge in [0.2, 0.25) is 0 Å². The van der Waals surface area contributed by atoms with Crippen LogP contribution in [0.2, 0.25) is 0 Å². The Morgan fingerprint density at radius 3 is 2.74 bits per heavy atom. The zero-order valence-electron chi connectivity index (χ0n) is 10.8. The number of rotatable bonds is 5. The minimum Gasteiger partial charge on any atom is -0.347 e. The highest BCUT2D eigenvalue weighted by Gasteiger charge is 2.08. The first-order chi connectivity index (χ1) is 9.22. The van der Waals surface area contributed by atoms with E-state index in [0.717, 1.165) is 22.4 Å². The van der Waals surface area contributed by atoms with Gasteiger partial charge in [-0.05, 0) is 29.7 Å². The lowest BCUT2D eigenvalue weighted by molar-refractivity contribution is 0.0955. The molecule has 0 aliphatic rings. The Balaban J connectivity index is 1.96. The van der Waals surface area contributed by atoms with Gasteiger partial charge in [-0.25, -0.2) is 0 Å².